The van der Waals surface area contributed by atoms with Crippen molar-refractivity contribution < 1.29 is 4.79 Å². The van der Waals surface area contributed by atoms with Gasteiger partial charge in [0, 0.05) is 5.92 Å². The van der Waals surface area contributed by atoms with Crippen LogP contribution in [0.5, 0.6) is 0 Å². The summed E-state index contributed by atoms with van der Waals surface area (Å²) in [5.74, 6) is 0.0487. The van der Waals surface area contributed by atoms with E-state index in [0.717, 1.165) is 0 Å². The standard InChI is InChI=1S/C9H16N2O/c1-6(2)8(5-10)11-9(12)7(3)4/h6-8H,1-4H3,(H,11,12)/t8-/m0/s1. The molecule has 3 heteroatoms. The quantitative estimate of drug-likeness (QED) is 0.690. The lowest BCUT2D eigenvalue weighted by atomic mass is 10.1. The Morgan fingerprint density at radius 2 is 1.83 bits per heavy atom. The topological polar surface area (TPSA) is 52.9 Å². The second-order valence-corrected chi connectivity index (χ2v) is 3.51. The van der Waals surface area contributed by atoms with E-state index in [2.05, 4.69) is 11.4 Å². The third kappa shape index (κ3) is 3.38. The van der Waals surface area contributed by atoms with Crippen molar-refractivity contribution in [3.8, 4) is 6.07 Å². The normalized spacial score (nSPS) is 12.8. The van der Waals surface area contributed by atoms with Crippen LogP contribution in [0.4, 0.5) is 0 Å². The molecule has 0 aromatic heterocycles. The number of nitrogens with one attached hydrogen (secondary N) is 1. The molecular formula is C9H16N2O. The largest absolute Gasteiger partial charge is 0.340 e. The monoisotopic (exact) mass is 168 g/mol. The molecule has 0 aliphatic carbocycles. The molecule has 0 saturated heterocycles. The number of nitrogens with zero attached hydrogens (tertiary/aromatic N) is 1. The Kier molecular flexibility index (Phi) is 4.35. The highest BCUT2D eigenvalue weighted by atomic mass is 16.1. The number of amides is 1. The molecule has 0 bridgehead atoms. The van der Waals surface area contributed by atoms with E-state index in [9.17, 15) is 4.79 Å². The molecule has 0 aliphatic rings. The minimum Gasteiger partial charge on any atom is -0.340 e. The van der Waals surface area contributed by atoms with Gasteiger partial charge in [0.05, 0.1) is 6.07 Å². The predicted octanol–water partition coefficient (Wildman–Crippen LogP) is 1.31. The summed E-state index contributed by atoms with van der Waals surface area (Å²) in [6.07, 6.45) is 0. The molecule has 0 rings (SSSR count). The highest BCUT2D eigenvalue weighted by Gasteiger charge is 2.16. The predicted molar refractivity (Wildman–Crippen MR) is 47.2 cm³/mol. The molecule has 1 N–H and O–H groups in total. The van der Waals surface area contributed by atoms with Gasteiger partial charge in [-0.15, -0.1) is 0 Å². The van der Waals surface area contributed by atoms with E-state index < -0.39 is 0 Å². The summed E-state index contributed by atoms with van der Waals surface area (Å²) in [5.41, 5.74) is 0. The second-order valence-electron chi connectivity index (χ2n) is 3.51. The lowest BCUT2D eigenvalue weighted by molar-refractivity contribution is -0.124. The van der Waals surface area contributed by atoms with Crippen molar-refractivity contribution in [1.82, 2.24) is 5.32 Å². The molecule has 0 unspecified atom stereocenters. The summed E-state index contributed by atoms with van der Waals surface area (Å²) < 4.78 is 0. The maximum Gasteiger partial charge on any atom is 0.223 e. The van der Waals surface area contributed by atoms with E-state index in [1.54, 1.807) is 0 Å². The highest BCUT2D eigenvalue weighted by Crippen LogP contribution is 2.01. The van der Waals surface area contributed by atoms with Gasteiger partial charge >= 0.3 is 0 Å². The molecule has 0 aliphatic heterocycles. The summed E-state index contributed by atoms with van der Waals surface area (Å²) in [5, 5.41) is 11.3. The minimum atomic E-state index is -0.361. The van der Waals surface area contributed by atoms with Crippen LogP contribution in [0.25, 0.3) is 0 Å². The Labute approximate surface area is 73.8 Å². The zero-order valence-corrected chi connectivity index (χ0v) is 8.09. The van der Waals surface area contributed by atoms with Gasteiger partial charge in [0.25, 0.3) is 0 Å². The van der Waals surface area contributed by atoms with Crippen LogP contribution in [0.3, 0.4) is 0 Å². The van der Waals surface area contributed by atoms with E-state index in [-0.39, 0.29) is 23.8 Å². The molecule has 0 heterocycles. The van der Waals surface area contributed by atoms with Gasteiger partial charge in [-0.3, -0.25) is 4.79 Å². The Balaban J connectivity index is 4.06. The van der Waals surface area contributed by atoms with Gasteiger partial charge in [0.2, 0.25) is 5.91 Å². The number of nitriles is 1. The van der Waals surface area contributed by atoms with Crippen molar-refractivity contribution in [2.75, 3.05) is 0 Å². The van der Waals surface area contributed by atoms with Gasteiger partial charge in [0.1, 0.15) is 6.04 Å². The zero-order chi connectivity index (χ0) is 9.72. The van der Waals surface area contributed by atoms with Crippen LogP contribution in [-0.2, 0) is 4.79 Å². The summed E-state index contributed by atoms with van der Waals surface area (Å²) in [4.78, 5) is 11.2. The fourth-order valence-corrected chi connectivity index (χ4v) is 0.668. The van der Waals surface area contributed by atoms with Crippen molar-refractivity contribution in [3.63, 3.8) is 0 Å². The first kappa shape index (κ1) is 11.0. The van der Waals surface area contributed by atoms with Crippen LogP contribution in [0.15, 0.2) is 0 Å². The van der Waals surface area contributed by atoms with Crippen LogP contribution in [0.2, 0.25) is 0 Å². The number of hydrogen-bond acceptors (Lipinski definition) is 2. The van der Waals surface area contributed by atoms with Gasteiger partial charge in [-0.2, -0.15) is 5.26 Å². The number of hydrogen-bond donors (Lipinski definition) is 1. The summed E-state index contributed by atoms with van der Waals surface area (Å²) in [6.45, 7) is 7.44. The first-order chi connectivity index (χ1) is 5.49. The van der Waals surface area contributed by atoms with Crippen LogP contribution in [-0.4, -0.2) is 11.9 Å². The molecule has 0 saturated carbocycles. The average Bonchev–Trinajstić information content (AvgIpc) is 1.98. The van der Waals surface area contributed by atoms with E-state index >= 15 is 0 Å². The first-order valence-corrected chi connectivity index (χ1v) is 4.19. The Hall–Kier alpha value is -1.04. The lowest BCUT2D eigenvalue weighted by Gasteiger charge is -2.16. The Bertz CT molecular complexity index is 191. The van der Waals surface area contributed by atoms with E-state index in [1.807, 2.05) is 27.7 Å². The molecule has 1 amide bonds. The van der Waals surface area contributed by atoms with Crippen molar-refractivity contribution in [1.29, 1.82) is 5.26 Å². The van der Waals surface area contributed by atoms with Crippen molar-refractivity contribution in [2.24, 2.45) is 11.8 Å². The van der Waals surface area contributed by atoms with Crippen molar-refractivity contribution >= 4 is 5.91 Å². The molecule has 3 nitrogen and oxygen atoms in total. The van der Waals surface area contributed by atoms with E-state index in [0.29, 0.717) is 0 Å². The number of rotatable bonds is 3. The first-order valence-electron chi connectivity index (χ1n) is 4.19. The van der Waals surface area contributed by atoms with Crippen LogP contribution in [0.1, 0.15) is 27.7 Å². The molecular weight excluding hydrogens is 152 g/mol. The lowest BCUT2D eigenvalue weighted by Crippen LogP contribution is -2.39. The molecule has 1 atom stereocenters. The molecule has 0 radical (unpaired) electrons. The molecule has 0 aromatic carbocycles. The molecule has 0 spiro atoms. The van der Waals surface area contributed by atoms with Gasteiger partial charge in [-0.05, 0) is 5.92 Å². The molecule has 68 valence electrons. The van der Waals surface area contributed by atoms with Gasteiger partial charge in [-0.25, -0.2) is 0 Å². The average molecular weight is 168 g/mol. The summed E-state index contributed by atoms with van der Waals surface area (Å²) in [7, 11) is 0. The summed E-state index contributed by atoms with van der Waals surface area (Å²) >= 11 is 0. The third-order valence-corrected chi connectivity index (χ3v) is 1.63. The third-order valence-electron chi connectivity index (χ3n) is 1.63. The Morgan fingerprint density at radius 1 is 1.33 bits per heavy atom. The number of carbonyl (C=O) groups is 1. The fraction of sp³-hybridized carbons (Fsp3) is 0.778. The maximum atomic E-state index is 11.2. The van der Waals surface area contributed by atoms with Crippen molar-refractivity contribution in [3.05, 3.63) is 0 Å². The van der Waals surface area contributed by atoms with Gasteiger partial charge in [0.15, 0.2) is 0 Å². The van der Waals surface area contributed by atoms with Crippen LogP contribution >= 0.6 is 0 Å². The van der Waals surface area contributed by atoms with Gasteiger partial charge < -0.3 is 5.32 Å². The van der Waals surface area contributed by atoms with Crippen LogP contribution in [0, 0.1) is 23.2 Å². The fourth-order valence-electron chi connectivity index (χ4n) is 0.668. The minimum absolute atomic E-state index is 0.0559. The van der Waals surface area contributed by atoms with E-state index in [4.69, 9.17) is 5.26 Å². The smallest absolute Gasteiger partial charge is 0.223 e. The highest BCUT2D eigenvalue weighted by molar-refractivity contribution is 5.78. The van der Waals surface area contributed by atoms with E-state index in [1.165, 1.54) is 0 Å². The van der Waals surface area contributed by atoms with Crippen molar-refractivity contribution in [2.45, 2.75) is 33.7 Å². The Morgan fingerprint density at radius 3 is 2.08 bits per heavy atom. The zero-order valence-electron chi connectivity index (χ0n) is 8.09. The SMILES string of the molecule is CC(C)C(=O)N[C@@H](C#N)C(C)C. The molecule has 0 aromatic rings. The second kappa shape index (κ2) is 4.76. The van der Waals surface area contributed by atoms with Crippen LogP contribution < -0.4 is 5.32 Å². The molecule has 0 fully saturated rings. The van der Waals surface area contributed by atoms with Gasteiger partial charge in [-0.1, -0.05) is 27.7 Å². The molecule has 12 heavy (non-hydrogen) atoms. The summed E-state index contributed by atoms with van der Waals surface area (Å²) in [6, 6.07) is 1.69. The maximum absolute atomic E-state index is 11.2. The number of carbonyl (C=O) groups excluding carboxylic acids is 1.